The molecule has 0 aliphatic carbocycles. The van der Waals surface area contributed by atoms with Crippen LogP contribution in [0.4, 0.5) is 0 Å². The third kappa shape index (κ3) is 4.48. The lowest BCUT2D eigenvalue weighted by Gasteiger charge is -2.31. The number of hydrogen-bond acceptors (Lipinski definition) is 5. The highest BCUT2D eigenvalue weighted by Crippen LogP contribution is 2.18. The zero-order chi connectivity index (χ0) is 12.4. The first-order valence-corrected chi connectivity index (χ1v) is 7.26. The van der Waals surface area contributed by atoms with E-state index in [1.807, 2.05) is 6.92 Å². The van der Waals surface area contributed by atoms with E-state index < -0.39 is 8.80 Å². The summed E-state index contributed by atoms with van der Waals surface area (Å²) < 4.78 is 26.9. The maximum atomic E-state index is 5.74. The summed E-state index contributed by atoms with van der Waals surface area (Å²) in [7, 11) is 3.80. The minimum atomic E-state index is -2.67. The van der Waals surface area contributed by atoms with Gasteiger partial charge in [0.15, 0.2) is 0 Å². The third-order valence-electron chi connectivity index (χ3n) is 2.43. The molecule has 5 nitrogen and oxygen atoms in total. The Morgan fingerprint density at radius 2 is 1.50 bits per heavy atom. The summed E-state index contributed by atoms with van der Waals surface area (Å²) in [6.07, 6.45) is 1.66. The molecule has 1 unspecified atom stereocenters. The SMILES string of the molecule is CCC(OCCCOC)[Si](OC)(OC)OC. The lowest BCUT2D eigenvalue weighted by atomic mass is 10.5. The van der Waals surface area contributed by atoms with Gasteiger partial charge in [-0.05, 0) is 12.8 Å². The fraction of sp³-hybridized carbons (Fsp3) is 1.00. The Bertz CT molecular complexity index is 155. The molecule has 0 radical (unpaired) electrons. The van der Waals surface area contributed by atoms with Crippen molar-refractivity contribution in [2.24, 2.45) is 0 Å². The quantitative estimate of drug-likeness (QED) is 0.432. The summed E-state index contributed by atoms with van der Waals surface area (Å²) in [6, 6.07) is 0. The summed E-state index contributed by atoms with van der Waals surface area (Å²) in [5.74, 6) is 0. The van der Waals surface area contributed by atoms with Crippen molar-refractivity contribution in [1.29, 1.82) is 0 Å². The first kappa shape index (κ1) is 16.0. The molecular weight excluding hydrogens is 228 g/mol. The van der Waals surface area contributed by atoms with Gasteiger partial charge in [-0.1, -0.05) is 6.92 Å². The van der Waals surface area contributed by atoms with Crippen LogP contribution in [0.25, 0.3) is 0 Å². The molecule has 0 N–H and O–H groups in total. The average molecular weight is 252 g/mol. The van der Waals surface area contributed by atoms with Crippen LogP contribution >= 0.6 is 0 Å². The Morgan fingerprint density at radius 3 is 1.88 bits per heavy atom. The van der Waals surface area contributed by atoms with Crippen LogP contribution in [-0.4, -0.2) is 56.2 Å². The predicted molar refractivity (Wildman–Crippen MR) is 63.3 cm³/mol. The minimum Gasteiger partial charge on any atom is -0.385 e. The van der Waals surface area contributed by atoms with Crippen LogP contribution in [0.1, 0.15) is 19.8 Å². The van der Waals surface area contributed by atoms with Crippen LogP contribution < -0.4 is 0 Å². The zero-order valence-electron chi connectivity index (χ0n) is 10.9. The summed E-state index contributed by atoms with van der Waals surface area (Å²) in [5, 5.41) is 0. The van der Waals surface area contributed by atoms with Gasteiger partial charge in [0, 0.05) is 41.7 Å². The number of rotatable bonds is 10. The second kappa shape index (κ2) is 9.09. The van der Waals surface area contributed by atoms with Crippen molar-refractivity contribution in [2.75, 3.05) is 41.7 Å². The Balaban J connectivity index is 4.21. The van der Waals surface area contributed by atoms with Gasteiger partial charge in [-0.3, -0.25) is 0 Å². The Morgan fingerprint density at radius 1 is 0.938 bits per heavy atom. The Labute approximate surface area is 99.3 Å². The topological polar surface area (TPSA) is 46.2 Å². The molecule has 0 saturated heterocycles. The molecule has 1 atom stereocenters. The first-order valence-electron chi connectivity index (χ1n) is 5.46. The van der Waals surface area contributed by atoms with Crippen molar-refractivity contribution in [1.82, 2.24) is 0 Å². The molecule has 0 aromatic heterocycles. The molecule has 0 amide bonds. The molecule has 0 aromatic carbocycles. The predicted octanol–water partition coefficient (Wildman–Crippen LogP) is 1.24. The van der Waals surface area contributed by atoms with E-state index in [-0.39, 0.29) is 5.73 Å². The van der Waals surface area contributed by atoms with Gasteiger partial charge in [-0.2, -0.15) is 0 Å². The van der Waals surface area contributed by atoms with Crippen molar-refractivity contribution in [3.8, 4) is 0 Å². The van der Waals surface area contributed by atoms with Crippen LogP contribution in [-0.2, 0) is 22.8 Å². The molecule has 98 valence electrons. The van der Waals surface area contributed by atoms with Gasteiger partial charge in [0.05, 0.1) is 0 Å². The van der Waals surface area contributed by atoms with Crippen LogP contribution in [0, 0.1) is 0 Å². The molecule has 6 heteroatoms. The van der Waals surface area contributed by atoms with Crippen LogP contribution in [0.3, 0.4) is 0 Å². The zero-order valence-corrected chi connectivity index (χ0v) is 11.9. The van der Waals surface area contributed by atoms with E-state index in [4.69, 9.17) is 22.8 Å². The summed E-state index contributed by atoms with van der Waals surface area (Å²) in [5.41, 5.74) is -0.121. The molecule has 0 saturated carbocycles. The van der Waals surface area contributed by atoms with Crippen molar-refractivity contribution in [3.63, 3.8) is 0 Å². The molecule has 0 aliphatic rings. The number of ether oxygens (including phenoxy) is 2. The maximum absolute atomic E-state index is 5.74. The Kier molecular flexibility index (Phi) is 9.10. The van der Waals surface area contributed by atoms with Gasteiger partial charge in [0.1, 0.15) is 5.73 Å². The van der Waals surface area contributed by atoms with Gasteiger partial charge in [0.2, 0.25) is 0 Å². The molecule has 0 aromatic rings. The fourth-order valence-corrected chi connectivity index (χ4v) is 3.65. The summed E-state index contributed by atoms with van der Waals surface area (Å²) in [6.45, 7) is 3.34. The fourth-order valence-electron chi connectivity index (χ4n) is 1.54. The smallest absolute Gasteiger partial charge is 0.385 e. The van der Waals surface area contributed by atoms with E-state index in [0.29, 0.717) is 13.2 Å². The van der Waals surface area contributed by atoms with Gasteiger partial charge in [-0.15, -0.1) is 0 Å². The molecule has 0 fully saturated rings. The average Bonchev–Trinajstić information content (AvgIpc) is 2.34. The minimum absolute atomic E-state index is 0.121. The van der Waals surface area contributed by atoms with E-state index in [9.17, 15) is 0 Å². The molecule has 16 heavy (non-hydrogen) atoms. The van der Waals surface area contributed by atoms with E-state index >= 15 is 0 Å². The molecule has 0 aliphatic heterocycles. The molecular formula is C10H24O5Si. The van der Waals surface area contributed by atoms with E-state index in [1.165, 1.54) is 0 Å². The third-order valence-corrected chi connectivity index (χ3v) is 5.50. The highest BCUT2D eigenvalue weighted by molar-refractivity contribution is 6.62. The molecule has 0 spiro atoms. The molecule has 0 heterocycles. The lowest BCUT2D eigenvalue weighted by Crippen LogP contribution is -2.55. The highest BCUT2D eigenvalue weighted by Gasteiger charge is 2.47. The second-order valence-corrected chi connectivity index (χ2v) is 6.41. The molecule has 0 rings (SSSR count). The second-order valence-electron chi connectivity index (χ2n) is 3.33. The summed E-state index contributed by atoms with van der Waals surface area (Å²) >= 11 is 0. The van der Waals surface area contributed by atoms with Crippen molar-refractivity contribution >= 4 is 8.80 Å². The summed E-state index contributed by atoms with van der Waals surface area (Å²) in [4.78, 5) is 0. The highest BCUT2D eigenvalue weighted by atomic mass is 28.4. The van der Waals surface area contributed by atoms with Gasteiger partial charge >= 0.3 is 8.80 Å². The normalized spacial score (nSPS) is 14.1. The van der Waals surface area contributed by atoms with E-state index in [1.54, 1.807) is 28.4 Å². The standard InChI is InChI=1S/C10H24O5Si/c1-6-10(15-9-7-8-11-2)16(12-3,13-4)14-5/h10H,6-9H2,1-5H3. The van der Waals surface area contributed by atoms with Crippen molar-refractivity contribution in [3.05, 3.63) is 0 Å². The maximum Gasteiger partial charge on any atom is 0.530 e. The largest absolute Gasteiger partial charge is 0.530 e. The monoisotopic (exact) mass is 252 g/mol. The van der Waals surface area contributed by atoms with Crippen LogP contribution in [0.15, 0.2) is 0 Å². The van der Waals surface area contributed by atoms with Crippen LogP contribution in [0.5, 0.6) is 0 Å². The first-order chi connectivity index (χ1) is 7.70. The van der Waals surface area contributed by atoms with Gasteiger partial charge < -0.3 is 22.8 Å². The van der Waals surface area contributed by atoms with Gasteiger partial charge in [-0.25, -0.2) is 0 Å². The number of hydrogen-bond donors (Lipinski definition) is 0. The van der Waals surface area contributed by atoms with E-state index in [2.05, 4.69) is 0 Å². The van der Waals surface area contributed by atoms with Crippen LogP contribution in [0.2, 0.25) is 0 Å². The number of methoxy groups -OCH3 is 1. The molecule has 0 bridgehead atoms. The van der Waals surface area contributed by atoms with Crippen molar-refractivity contribution < 1.29 is 22.8 Å². The lowest BCUT2D eigenvalue weighted by molar-refractivity contribution is 0.00560. The Hall–Kier alpha value is 0.0169. The van der Waals surface area contributed by atoms with Crippen molar-refractivity contribution in [2.45, 2.75) is 25.5 Å². The van der Waals surface area contributed by atoms with E-state index in [0.717, 1.165) is 12.8 Å². The van der Waals surface area contributed by atoms with Gasteiger partial charge in [0.25, 0.3) is 0 Å².